The van der Waals surface area contributed by atoms with Crippen LogP contribution in [0.3, 0.4) is 0 Å². The van der Waals surface area contributed by atoms with Crippen LogP contribution in [0.4, 0.5) is 0 Å². The maximum Gasteiger partial charge on any atom is 2.00 e. The zero-order valence-electron chi connectivity index (χ0n) is 20.4. The van der Waals surface area contributed by atoms with Gasteiger partial charge in [-0.15, -0.1) is 11.0 Å². The number of rotatable bonds is 3. The molecule has 0 N–H and O–H groups in total. The third-order valence-corrected chi connectivity index (χ3v) is 7.29. The summed E-state index contributed by atoms with van der Waals surface area (Å²) in [6, 6.07) is 20.6. The summed E-state index contributed by atoms with van der Waals surface area (Å²) in [7, 11) is 0. The van der Waals surface area contributed by atoms with Crippen molar-refractivity contribution in [2.75, 3.05) is 0 Å². The Balaban J connectivity index is 0.000000192. The number of fused-ring (bicyclic) bond motifs is 3. The molecule has 1 radical (unpaired) electrons. The molecule has 34 heavy (non-hydrogen) atoms. The van der Waals surface area contributed by atoms with Crippen LogP contribution >= 0.6 is 22.9 Å². The number of hydrogen-bond donors (Lipinski definition) is 0. The molecule has 0 spiro atoms. The van der Waals surface area contributed by atoms with Gasteiger partial charge in [0.1, 0.15) is 5.69 Å². The van der Waals surface area contributed by atoms with Crippen molar-refractivity contribution >= 4 is 44.7 Å². The number of halogens is 1. The maximum atomic E-state index is 6.07. The molecule has 3 aromatic carbocycles. The van der Waals surface area contributed by atoms with Crippen molar-refractivity contribution in [3.8, 4) is 5.69 Å². The van der Waals surface area contributed by atoms with E-state index in [1.54, 1.807) is 11.3 Å². The van der Waals surface area contributed by atoms with Gasteiger partial charge in [0.15, 0.2) is 0 Å². The standard InChI is InChI=1S/C17H23NS.C12H7ClN.Cu/c1-11(2)15-8-7-9-16(12(3)4)17(15)18-10-19-14(6)13(18)5;13-10-6-3-5-9-8-4-1-2-7-11(8)14-12(9)10;/h7-9,11-12H,1-6H3;1-7H;/q;-1;+2. The molecule has 0 amide bonds. The minimum atomic E-state index is 0. The zero-order valence-corrected chi connectivity index (χ0v) is 22.9. The number of thiazole rings is 1. The quantitative estimate of drug-likeness (QED) is 0.129. The van der Waals surface area contributed by atoms with Crippen LogP contribution in [-0.2, 0) is 17.1 Å². The van der Waals surface area contributed by atoms with Gasteiger partial charge in [0.25, 0.3) is 0 Å². The molecular weight excluding hydrogens is 507 g/mol. The third kappa shape index (κ3) is 5.11. The molecule has 0 atom stereocenters. The summed E-state index contributed by atoms with van der Waals surface area (Å²) in [6.07, 6.45) is 0. The minimum absolute atomic E-state index is 0. The molecule has 0 aliphatic carbocycles. The van der Waals surface area contributed by atoms with E-state index in [9.17, 15) is 0 Å². The van der Waals surface area contributed by atoms with E-state index in [4.69, 9.17) is 11.6 Å². The van der Waals surface area contributed by atoms with E-state index in [2.05, 4.69) is 86.9 Å². The predicted molar refractivity (Wildman–Crippen MR) is 142 cm³/mol. The van der Waals surface area contributed by atoms with Crippen LogP contribution < -0.4 is 9.55 Å². The molecule has 0 fully saturated rings. The van der Waals surface area contributed by atoms with Crippen molar-refractivity contribution < 1.29 is 21.6 Å². The topological polar surface area (TPSA) is 18.0 Å². The van der Waals surface area contributed by atoms with Gasteiger partial charge in [0.05, 0.1) is 5.69 Å². The number of hydrogen-bond acceptors (Lipinski definition) is 1. The molecule has 0 aliphatic heterocycles. The molecule has 2 heterocycles. The number of benzene rings is 3. The van der Waals surface area contributed by atoms with Crippen LogP contribution in [0, 0.1) is 19.4 Å². The zero-order chi connectivity index (χ0) is 23.7. The van der Waals surface area contributed by atoms with Crippen LogP contribution in [0.5, 0.6) is 0 Å². The van der Waals surface area contributed by atoms with E-state index in [0.29, 0.717) is 11.8 Å². The minimum Gasteiger partial charge on any atom is -0.656 e. The first-order valence-corrected chi connectivity index (χ1v) is 12.6. The van der Waals surface area contributed by atoms with Crippen molar-refractivity contribution in [3.63, 3.8) is 0 Å². The summed E-state index contributed by atoms with van der Waals surface area (Å²) in [4.78, 5) is 5.82. The Labute approximate surface area is 222 Å². The first-order valence-electron chi connectivity index (χ1n) is 11.4. The fourth-order valence-electron chi connectivity index (χ4n) is 4.16. The van der Waals surface area contributed by atoms with Gasteiger partial charge < -0.3 is 4.98 Å². The summed E-state index contributed by atoms with van der Waals surface area (Å²) >= 11 is 7.77. The molecule has 2 aromatic heterocycles. The molecular formula is C29H30ClCuN2S+. The Bertz CT molecular complexity index is 1390. The van der Waals surface area contributed by atoms with Crippen molar-refractivity contribution in [3.05, 3.63) is 92.9 Å². The van der Waals surface area contributed by atoms with Crippen molar-refractivity contribution in [1.82, 2.24) is 4.98 Å². The smallest absolute Gasteiger partial charge is 0.656 e. The first-order chi connectivity index (χ1) is 15.8. The summed E-state index contributed by atoms with van der Waals surface area (Å²) in [5.74, 6) is 1.04. The largest absolute Gasteiger partial charge is 2.00 e. The van der Waals surface area contributed by atoms with Crippen LogP contribution in [-0.4, -0.2) is 0 Å². The normalized spacial score (nSPS) is 11.1. The second-order valence-electron chi connectivity index (χ2n) is 9.03. The van der Waals surface area contributed by atoms with Crippen LogP contribution in [0.2, 0.25) is 5.02 Å². The van der Waals surface area contributed by atoms with E-state index in [-0.39, 0.29) is 17.1 Å². The maximum absolute atomic E-state index is 6.07. The van der Waals surface area contributed by atoms with Gasteiger partial charge in [-0.25, -0.2) is 0 Å². The Morgan fingerprint density at radius 2 is 1.41 bits per heavy atom. The monoisotopic (exact) mass is 536 g/mol. The van der Waals surface area contributed by atoms with Gasteiger partial charge in [-0.05, 0) is 51.6 Å². The van der Waals surface area contributed by atoms with Gasteiger partial charge in [-0.2, -0.15) is 11.3 Å². The molecule has 0 unspecified atom stereocenters. The number of aryl methyl sites for hydroxylation is 1. The Morgan fingerprint density at radius 3 is 2.00 bits per heavy atom. The number of aromatic nitrogens is 2. The Hall–Kier alpha value is -2.10. The molecule has 5 heteroatoms. The molecule has 2 nitrogen and oxygen atoms in total. The number of nitrogens with zero attached hydrogens (tertiary/aromatic N) is 2. The Kier molecular flexibility index (Phi) is 8.65. The fraction of sp³-hybridized carbons (Fsp3) is 0.276. The summed E-state index contributed by atoms with van der Waals surface area (Å²) in [5, 5.41) is 3.02. The van der Waals surface area contributed by atoms with Gasteiger partial charge in [-0.3, -0.25) is 4.57 Å². The molecule has 0 saturated heterocycles. The SMILES string of the molecule is Cc1s[c-][n+](-c2c(C(C)C)cccc2C(C)C)c1C.Clc1cccc2c1[n-]c1ccccc12.[Cu+2]. The Morgan fingerprint density at radius 1 is 0.824 bits per heavy atom. The average molecular weight is 538 g/mol. The third-order valence-electron chi connectivity index (χ3n) is 6.11. The van der Waals surface area contributed by atoms with E-state index in [0.717, 1.165) is 21.4 Å². The molecule has 179 valence electrons. The van der Waals surface area contributed by atoms with Crippen LogP contribution in [0.25, 0.3) is 27.5 Å². The van der Waals surface area contributed by atoms with Crippen molar-refractivity contribution in [2.24, 2.45) is 0 Å². The van der Waals surface area contributed by atoms with E-state index < -0.39 is 0 Å². The molecule has 5 aromatic rings. The first kappa shape index (κ1) is 26.5. The second kappa shape index (κ2) is 11.1. The molecule has 0 bridgehead atoms. The van der Waals surface area contributed by atoms with Crippen LogP contribution in [0.1, 0.15) is 61.2 Å². The predicted octanol–water partition coefficient (Wildman–Crippen LogP) is 8.29. The van der Waals surface area contributed by atoms with E-state index in [1.807, 2.05) is 30.3 Å². The average Bonchev–Trinajstić information content (AvgIpc) is 3.34. The van der Waals surface area contributed by atoms with Crippen LogP contribution in [0.15, 0.2) is 60.7 Å². The van der Waals surface area contributed by atoms with E-state index >= 15 is 0 Å². The molecule has 0 aliphatic rings. The number of para-hydroxylation sites is 3. The fourth-order valence-corrected chi connectivity index (χ4v) is 5.08. The van der Waals surface area contributed by atoms with E-state index in [1.165, 1.54) is 32.8 Å². The van der Waals surface area contributed by atoms with Gasteiger partial charge in [-0.1, -0.05) is 101 Å². The van der Waals surface area contributed by atoms with Gasteiger partial charge in [0, 0.05) is 5.02 Å². The van der Waals surface area contributed by atoms with Gasteiger partial charge >= 0.3 is 17.1 Å². The second-order valence-corrected chi connectivity index (χ2v) is 10.4. The summed E-state index contributed by atoms with van der Waals surface area (Å²) in [6.45, 7) is 13.4. The molecule has 5 rings (SSSR count). The van der Waals surface area contributed by atoms with Crippen molar-refractivity contribution in [2.45, 2.75) is 53.4 Å². The van der Waals surface area contributed by atoms with Gasteiger partial charge in [0.2, 0.25) is 5.51 Å². The van der Waals surface area contributed by atoms with Crippen molar-refractivity contribution in [1.29, 1.82) is 0 Å². The summed E-state index contributed by atoms with van der Waals surface area (Å²) in [5.41, 5.74) is 10.8. The molecule has 0 saturated carbocycles. The summed E-state index contributed by atoms with van der Waals surface area (Å²) < 4.78 is 2.25.